The molecule has 2 N–H and O–H groups in total. The first-order valence-electron chi connectivity index (χ1n) is 7.40. The van der Waals surface area contributed by atoms with Gasteiger partial charge in [-0.1, -0.05) is 11.6 Å². The molecule has 2 rings (SSSR count). The van der Waals surface area contributed by atoms with Gasteiger partial charge in [0.15, 0.2) is 11.5 Å². The van der Waals surface area contributed by atoms with Crippen molar-refractivity contribution in [3.8, 4) is 11.5 Å². The summed E-state index contributed by atoms with van der Waals surface area (Å²) < 4.78 is 11.5. The molecule has 1 aliphatic rings. The van der Waals surface area contributed by atoms with Crippen LogP contribution in [0.1, 0.15) is 31.9 Å². The highest BCUT2D eigenvalue weighted by atomic mass is 35.5. The zero-order valence-electron chi connectivity index (χ0n) is 13.2. The van der Waals surface area contributed by atoms with Gasteiger partial charge in [0.1, 0.15) is 0 Å². The number of likely N-dealkylation sites (tertiary alicyclic amines) is 1. The van der Waals surface area contributed by atoms with Crippen molar-refractivity contribution in [3.05, 3.63) is 22.7 Å². The molecule has 0 aromatic heterocycles. The molecule has 1 saturated heterocycles. The lowest BCUT2D eigenvalue weighted by molar-refractivity contribution is 0.219. The summed E-state index contributed by atoms with van der Waals surface area (Å²) in [5.74, 6) is 2.00. The number of hydrogen-bond donors (Lipinski definition) is 1. The van der Waals surface area contributed by atoms with Crippen molar-refractivity contribution < 1.29 is 9.47 Å². The summed E-state index contributed by atoms with van der Waals surface area (Å²) in [7, 11) is 3.76. The fourth-order valence-electron chi connectivity index (χ4n) is 2.99. The van der Waals surface area contributed by atoms with E-state index in [1.54, 1.807) is 13.2 Å². The minimum absolute atomic E-state index is 0.0795. The first-order valence-corrected chi connectivity index (χ1v) is 7.78. The summed E-state index contributed by atoms with van der Waals surface area (Å²) in [5.41, 5.74) is 6.92. The van der Waals surface area contributed by atoms with Gasteiger partial charge in [-0.25, -0.2) is 0 Å². The molecule has 1 aromatic rings. The van der Waals surface area contributed by atoms with Crippen molar-refractivity contribution in [2.24, 2.45) is 11.7 Å². The molecule has 4 nitrogen and oxygen atoms in total. The Labute approximate surface area is 132 Å². The minimum atomic E-state index is 0.0795. The third-order valence-corrected chi connectivity index (χ3v) is 4.17. The van der Waals surface area contributed by atoms with E-state index in [1.165, 1.54) is 0 Å². The summed E-state index contributed by atoms with van der Waals surface area (Å²) in [5, 5.41) is 0.669. The topological polar surface area (TPSA) is 47.7 Å². The highest BCUT2D eigenvalue weighted by Gasteiger charge is 2.33. The number of ether oxygens (including phenoxy) is 2. The smallest absolute Gasteiger partial charge is 0.166 e. The van der Waals surface area contributed by atoms with Gasteiger partial charge in [-0.15, -0.1) is 0 Å². The molecule has 1 fully saturated rings. The fourth-order valence-corrected chi connectivity index (χ4v) is 3.21. The quantitative estimate of drug-likeness (QED) is 0.907. The van der Waals surface area contributed by atoms with Crippen molar-refractivity contribution >= 4 is 11.6 Å². The van der Waals surface area contributed by atoms with Gasteiger partial charge in [-0.3, -0.25) is 4.90 Å². The average molecular weight is 313 g/mol. The zero-order chi connectivity index (χ0) is 15.6. The van der Waals surface area contributed by atoms with Crippen molar-refractivity contribution in [1.29, 1.82) is 0 Å². The molecule has 0 bridgehead atoms. The lowest BCUT2D eigenvalue weighted by Gasteiger charge is -2.25. The van der Waals surface area contributed by atoms with Crippen LogP contribution in [-0.2, 0) is 0 Å². The fraction of sp³-hybridized carbons (Fsp3) is 0.625. The molecule has 2 atom stereocenters. The van der Waals surface area contributed by atoms with Gasteiger partial charge in [-0.05, 0) is 45.8 Å². The van der Waals surface area contributed by atoms with Gasteiger partial charge in [0, 0.05) is 29.2 Å². The molecule has 0 aliphatic carbocycles. The van der Waals surface area contributed by atoms with E-state index < -0.39 is 0 Å². The Bertz CT molecular complexity index is 493. The van der Waals surface area contributed by atoms with Gasteiger partial charge in [0.05, 0.1) is 13.2 Å². The number of rotatable bonds is 5. The molecule has 2 unspecified atom stereocenters. The zero-order valence-corrected chi connectivity index (χ0v) is 14.0. The van der Waals surface area contributed by atoms with E-state index in [2.05, 4.69) is 11.9 Å². The van der Waals surface area contributed by atoms with E-state index in [1.807, 2.05) is 19.9 Å². The highest BCUT2D eigenvalue weighted by Crippen LogP contribution is 2.44. The predicted molar refractivity (Wildman–Crippen MR) is 86.3 cm³/mol. The molecular weight excluding hydrogens is 288 g/mol. The van der Waals surface area contributed by atoms with Crippen molar-refractivity contribution in [3.63, 3.8) is 0 Å². The second kappa shape index (κ2) is 6.86. The number of nitrogens with two attached hydrogens (primary N) is 1. The molecule has 118 valence electrons. The molecule has 1 aromatic carbocycles. The SMILES string of the molecule is COc1cc(Cl)cc(C2CC(CN)CN2C)c1OC(C)C. The second-order valence-corrected chi connectivity index (χ2v) is 6.42. The Kier molecular flexibility index (Phi) is 5.36. The number of hydrogen-bond acceptors (Lipinski definition) is 4. The van der Waals surface area contributed by atoms with Crippen LogP contribution in [0.4, 0.5) is 0 Å². The van der Waals surface area contributed by atoms with Gasteiger partial charge >= 0.3 is 0 Å². The minimum Gasteiger partial charge on any atom is -0.493 e. The van der Waals surface area contributed by atoms with E-state index in [9.17, 15) is 0 Å². The number of benzene rings is 1. The van der Waals surface area contributed by atoms with Crippen LogP contribution in [0.2, 0.25) is 5.02 Å². The molecule has 0 saturated carbocycles. The number of halogens is 1. The molecule has 0 radical (unpaired) electrons. The molecule has 5 heteroatoms. The first kappa shape index (κ1) is 16.4. The summed E-state index contributed by atoms with van der Waals surface area (Å²) in [6.07, 6.45) is 1.10. The molecule has 1 aliphatic heterocycles. The summed E-state index contributed by atoms with van der Waals surface area (Å²) in [6, 6.07) is 4.06. The van der Waals surface area contributed by atoms with Crippen molar-refractivity contribution in [1.82, 2.24) is 4.90 Å². The highest BCUT2D eigenvalue weighted by molar-refractivity contribution is 6.30. The largest absolute Gasteiger partial charge is 0.493 e. The van der Waals surface area contributed by atoms with Crippen LogP contribution in [0, 0.1) is 5.92 Å². The third-order valence-electron chi connectivity index (χ3n) is 3.95. The average Bonchev–Trinajstić information content (AvgIpc) is 2.81. The molecule has 21 heavy (non-hydrogen) atoms. The van der Waals surface area contributed by atoms with Crippen LogP contribution in [0.5, 0.6) is 11.5 Å². The standard InChI is InChI=1S/C16H25ClN2O2/c1-10(2)21-16-13(6-12(17)7-15(16)20-4)14-5-11(8-18)9-19(14)3/h6-7,10-11,14H,5,8-9,18H2,1-4H3. The maximum atomic E-state index is 6.25. The maximum absolute atomic E-state index is 6.25. The van der Waals surface area contributed by atoms with Crippen molar-refractivity contribution in [2.45, 2.75) is 32.4 Å². The Morgan fingerprint density at radius 1 is 1.43 bits per heavy atom. The normalized spacial score (nSPS) is 22.8. The van der Waals surface area contributed by atoms with Crippen molar-refractivity contribution in [2.75, 3.05) is 27.2 Å². The van der Waals surface area contributed by atoms with Gasteiger partial charge in [-0.2, -0.15) is 0 Å². The Balaban J connectivity index is 2.43. The lowest BCUT2D eigenvalue weighted by Crippen LogP contribution is -2.21. The van der Waals surface area contributed by atoms with Gasteiger partial charge < -0.3 is 15.2 Å². The first-order chi connectivity index (χ1) is 9.96. The Morgan fingerprint density at radius 3 is 2.67 bits per heavy atom. The Morgan fingerprint density at radius 2 is 2.14 bits per heavy atom. The summed E-state index contributed by atoms with van der Waals surface area (Å²) in [6.45, 7) is 5.73. The molecule has 0 amide bonds. The van der Waals surface area contributed by atoms with E-state index in [0.717, 1.165) is 24.3 Å². The molecule has 1 heterocycles. The van der Waals surface area contributed by atoms with E-state index in [0.29, 0.717) is 23.2 Å². The van der Waals surface area contributed by atoms with Crippen LogP contribution >= 0.6 is 11.6 Å². The van der Waals surface area contributed by atoms with Crippen LogP contribution < -0.4 is 15.2 Å². The third kappa shape index (κ3) is 3.62. The van der Waals surface area contributed by atoms with Crippen LogP contribution in [0.3, 0.4) is 0 Å². The van der Waals surface area contributed by atoms with Gasteiger partial charge in [0.25, 0.3) is 0 Å². The van der Waals surface area contributed by atoms with E-state index in [-0.39, 0.29) is 12.1 Å². The Hall–Kier alpha value is -0.970. The molecular formula is C16H25ClN2O2. The van der Waals surface area contributed by atoms with Crippen LogP contribution in [0.25, 0.3) is 0 Å². The maximum Gasteiger partial charge on any atom is 0.166 e. The predicted octanol–water partition coefficient (Wildman–Crippen LogP) is 3.09. The lowest BCUT2D eigenvalue weighted by atomic mass is 9.98. The van der Waals surface area contributed by atoms with Crippen LogP contribution in [-0.4, -0.2) is 38.3 Å². The van der Waals surface area contributed by atoms with E-state index >= 15 is 0 Å². The monoisotopic (exact) mass is 312 g/mol. The number of methoxy groups -OCH3 is 1. The van der Waals surface area contributed by atoms with Gasteiger partial charge in [0.2, 0.25) is 0 Å². The summed E-state index contributed by atoms with van der Waals surface area (Å²) >= 11 is 6.25. The van der Waals surface area contributed by atoms with E-state index in [4.69, 9.17) is 26.8 Å². The number of nitrogens with zero attached hydrogens (tertiary/aromatic N) is 1. The van der Waals surface area contributed by atoms with Crippen LogP contribution in [0.15, 0.2) is 12.1 Å². The summed E-state index contributed by atoms with van der Waals surface area (Å²) in [4.78, 5) is 2.32. The molecule has 0 spiro atoms. The second-order valence-electron chi connectivity index (χ2n) is 5.99.